The average molecular weight is 476 g/mol. The number of para-hydroxylation sites is 1. The van der Waals surface area contributed by atoms with E-state index >= 15 is 0 Å². The van der Waals surface area contributed by atoms with Crippen molar-refractivity contribution in [3.05, 3.63) is 97.3 Å². The van der Waals surface area contributed by atoms with E-state index in [0.29, 0.717) is 28.3 Å². The lowest BCUT2D eigenvalue weighted by Gasteiger charge is -2.09. The van der Waals surface area contributed by atoms with Crippen LogP contribution in [0, 0.1) is 37.8 Å². The predicted octanol–water partition coefficient (Wildman–Crippen LogP) is 3.77. The summed E-state index contributed by atoms with van der Waals surface area (Å²) in [6, 6.07) is 14.0. The fourth-order valence-electron chi connectivity index (χ4n) is 4.20. The summed E-state index contributed by atoms with van der Waals surface area (Å²) < 4.78 is 10.6. The number of Topliss-reactive ketones (excluding diaryl/α,β-unsaturated/α-hetero) is 1. The van der Waals surface area contributed by atoms with Gasteiger partial charge in [-0.25, -0.2) is 4.68 Å². The summed E-state index contributed by atoms with van der Waals surface area (Å²) >= 11 is 0. The second-order valence-corrected chi connectivity index (χ2v) is 8.27. The Morgan fingerprint density at radius 1 is 1.06 bits per heavy atom. The number of aromatic nitrogens is 4. The normalized spacial score (nSPS) is 11.0. The van der Waals surface area contributed by atoms with Crippen LogP contribution in [0.5, 0.6) is 5.75 Å². The maximum absolute atomic E-state index is 13.5. The first-order chi connectivity index (χ1) is 16.6. The number of ketones is 1. The van der Waals surface area contributed by atoms with Gasteiger partial charge in [0.2, 0.25) is 11.5 Å². The Kier molecular flexibility index (Phi) is 6.12. The lowest BCUT2D eigenvalue weighted by molar-refractivity contribution is -0.390. The van der Waals surface area contributed by atoms with Crippen LogP contribution in [0.1, 0.15) is 33.1 Å². The highest BCUT2D eigenvalue weighted by molar-refractivity contribution is 5.98. The second kappa shape index (κ2) is 9.05. The summed E-state index contributed by atoms with van der Waals surface area (Å²) in [4.78, 5) is 41.0. The number of pyridine rings is 1. The Hall–Kier alpha value is -4.47. The number of carbonyl (C=O) groups excluding carboxylic acids is 1. The second-order valence-electron chi connectivity index (χ2n) is 8.27. The van der Waals surface area contributed by atoms with Gasteiger partial charge in [-0.05, 0) is 61.0 Å². The summed E-state index contributed by atoms with van der Waals surface area (Å²) in [5.41, 5.74) is 3.84. The smallest absolute Gasteiger partial charge is 0.406 e. The van der Waals surface area contributed by atoms with Crippen molar-refractivity contribution in [2.45, 2.75) is 27.7 Å². The third-order valence-electron chi connectivity index (χ3n) is 5.99. The van der Waals surface area contributed by atoms with Crippen molar-refractivity contribution in [2.24, 2.45) is 7.05 Å². The van der Waals surface area contributed by atoms with Crippen molar-refractivity contribution in [1.29, 1.82) is 0 Å². The number of hydrogen-bond acceptors (Lipinski definition) is 6. The van der Waals surface area contributed by atoms with Gasteiger partial charge in [0.1, 0.15) is 11.4 Å². The van der Waals surface area contributed by atoms with E-state index in [4.69, 9.17) is 4.74 Å². The number of benzene rings is 1. The molecule has 0 saturated carbocycles. The topological polar surface area (TPSA) is 114 Å². The van der Waals surface area contributed by atoms with Gasteiger partial charge in [0.05, 0.1) is 11.4 Å². The van der Waals surface area contributed by atoms with Crippen LogP contribution in [-0.4, -0.2) is 36.2 Å². The lowest BCUT2D eigenvalue weighted by Crippen LogP contribution is -2.22. The third-order valence-corrected chi connectivity index (χ3v) is 5.99. The molecule has 1 aromatic carbocycles. The number of hydrogen-bond donors (Lipinski definition) is 0. The zero-order valence-electron chi connectivity index (χ0n) is 20.1. The van der Waals surface area contributed by atoms with E-state index in [9.17, 15) is 19.7 Å². The summed E-state index contributed by atoms with van der Waals surface area (Å²) in [7, 11) is 1.81. The van der Waals surface area contributed by atoms with Gasteiger partial charge < -0.3 is 19.4 Å². The average Bonchev–Trinajstić information content (AvgIpc) is 3.23. The molecule has 10 heteroatoms. The molecule has 3 aromatic heterocycles. The van der Waals surface area contributed by atoms with Gasteiger partial charge >= 0.3 is 5.82 Å². The molecule has 0 aliphatic heterocycles. The van der Waals surface area contributed by atoms with Crippen LogP contribution in [-0.2, 0) is 7.05 Å². The molecule has 0 amide bonds. The van der Waals surface area contributed by atoms with Crippen LogP contribution >= 0.6 is 0 Å². The summed E-state index contributed by atoms with van der Waals surface area (Å²) in [6.45, 7) is 6.65. The van der Waals surface area contributed by atoms with Gasteiger partial charge in [-0.15, -0.1) is 0 Å². The van der Waals surface area contributed by atoms with Crippen molar-refractivity contribution in [1.82, 2.24) is 18.9 Å². The van der Waals surface area contributed by atoms with Gasteiger partial charge in [0.25, 0.3) is 5.56 Å². The molecule has 4 aromatic rings. The Bertz CT molecular complexity index is 1510. The highest BCUT2D eigenvalue weighted by Crippen LogP contribution is 2.26. The molecule has 0 spiro atoms. The van der Waals surface area contributed by atoms with Gasteiger partial charge in [0, 0.05) is 30.9 Å². The molecule has 0 radical (unpaired) electrons. The molecule has 0 aliphatic rings. The largest absolute Gasteiger partial charge is 0.477 e. The van der Waals surface area contributed by atoms with E-state index in [1.165, 1.54) is 6.07 Å². The molecular formula is C25H25N5O5. The molecular weight excluding hydrogens is 450 g/mol. The Labute approximate surface area is 201 Å². The number of carbonyl (C=O) groups is 1. The predicted molar refractivity (Wildman–Crippen MR) is 130 cm³/mol. The minimum atomic E-state index is -0.644. The molecule has 0 aliphatic carbocycles. The molecule has 180 valence electrons. The quantitative estimate of drug-likeness (QED) is 0.228. The number of nitro groups is 1. The minimum absolute atomic E-state index is 0.0765. The number of aryl methyl sites for hydroxylation is 2. The monoisotopic (exact) mass is 475 g/mol. The van der Waals surface area contributed by atoms with Crippen LogP contribution < -0.4 is 10.3 Å². The molecule has 0 unspecified atom stereocenters. The van der Waals surface area contributed by atoms with Crippen molar-refractivity contribution in [2.75, 3.05) is 6.61 Å². The van der Waals surface area contributed by atoms with Gasteiger partial charge in [-0.1, -0.05) is 18.2 Å². The maximum atomic E-state index is 13.5. The van der Waals surface area contributed by atoms with Gasteiger partial charge in [-0.2, -0.15) is 0 Å². The highest BCUT2D eigenvalue weighted by atomic mass is 16.6. The Morgan fingerprint density at radius 2 is 1.74 bits per heavy atom. The van der Waals surface area contributed by atoms with Crippen LogP contribution in [0.3, 0.4) is 0 Å². The first kappa shape index (κ1) is 23.7. The summed E-state index contributed by atoms with van der Waals surface area (Å²) in [6.07, 6.45) is 0. The minimum Gasteiger partial charge on any atom is -0.477 e. The molecule has 0 saturated heterocycles. The third kappa shape index (κ3) is 4.14. The van der Waals surface area contributed by atoms with E-state index in [-0.39, 0.29) is 17.1 Å². The van der Waals surface area contributed by atoms with Crippen molar-refractivity contribution in [3.63, 3.8) is 0 Å². The molecule has 0 N–H and O–H groups in total. The number of ether oxygens (including phenoxy) is 1. The molecule has 0 atom stereocenters. The Balaban J connectivity index is 1.69. The first-order valence-corrected chi connectivity index (χ1v) is 10.9. The molecule has 0 fully saturated rings. The van der Waals surface area contributed by atoms with E-state index in [0.717, 1.165) is 11.4 Å². The van der Waals surface area contributed by atoms with Crippen LogP contribution in [0.25, 0.3) is 11.4 Å². The fraction of sp³-hybridized carbons (Fsp3) is 0.240. The van der Waals surface area contributed by atoms with Crippen molar-refractivity contribution >= 4 is 11.6 Å². The molecule has 4 rings (SSSR count). The standard InChI is InChI=1S/C25H25N5O5/c1-15-11-12-22(24(26-15)30(33)34)35-14-21(31)20-13-16(2)28(17(20)3)23-18(4)27(5)29(25(23)32)19-9-7-6-8-10-19/h6-13H,14H2,1-5H3. The molecule has 0 bridgehead atoms. The fourth-order valence-corrected chi connectivity index (χ4v) is 4.20. The molecule has 3 heterocycles. The molecule has 10 nitrogen and oxygen atoms in total. The van der Waals surface area contributed by atoms with Gasteiger partial charge in [0.15, 0.2) is 6.61 Å². The zero-order valence-corrected chi connectivity index (χ0v) is 20.1. The maximum Gasteiger partial charge on any atom is 0.406 e. The van der Waals surface area contributed by atoms with E-state index in [2.05, 4.69) is 4.98 Å². The van der Waals surface area contributed by atoms with Crippen molar-refractivity contribution < 1.29 is 14.5 Å². The molecule has 35 heavy (non-hydrogen) atoms. The van der Waals surface area contributed by atoms with Crippen LogP contribution in [0.4, 0.5) is 5.82 Å². The van der Waals surface area contributed by atoms with Crippen LogP contribution in [0.2, 0.25) is 0 Å². The van der Waals surface area contributed by atoms with E-state index < -0.39 is 17.3 Å². The van der Waals surface area contributed by atoms with E-state index in [1.807, 2.05) is 51.2 Å². The first-order valence-electron chi connectivity index (χ1n) is 10.9. The number of rotatable bonds is 7. The van der Waals surface area contributed by atoms with E-state index in [1.54, 1.807) is 39.9 Å². The van der Waals surface area contributed by atoms with Crippen LogP contribution in [0.15, 0.2) is 53.3 Å². The lowest BCUT2D eigenvalue weighted by atomic mass is 10.1. The zero-order chi connectivity index (χ0) is 25.4. The highest BCUT2D eigenvalue weighted by Gasteiger charge is 2.25. The SMILES string of the molecule is Cc1ccc(OCC(=O)c2cc(C)n(-c3c(C)n(C)n(-c4ccccc4)c3=O)c2C)c([N+](=O)[O-])n1. The Morgan fingerprint density at radius 3 is 2.40 bits per heavy atom. The summed E-state index contributed by atoms with van der Waals surface area (Å²) in [5.74, 6) is -0.881. The van der Waals surface area contributed by atoms with Gasteiger partial charge in [-0.3, -0.25) is 14.3 Å². The number of nitrogens with zero attached hydrogens (tertiary/aromatic N) is 5. The van der Waals surface area contributed by atoms with Crippen molar-refractivity contribution in [3.8, 4) is 17.1 Å². The summed E-state index contributed by atoms with van der Waals surface area (Å²) in [5, 5.41) is 11.3.